The van der Waals surface area contributed by atoms with E-state index in [1.807, 2.05) is 54.6 Å². The normalized spacial score (nSPS) is 25.5. The van der Waals surface area contributed by atoms with Gasteiger partial charge in [0, 0.05) is 6.42 Å². The SMILES string of the molecule is COc1ccc(CO[C@H]2C=C[C@H]3C/C=C\C[C@H](c4ccc5ccccc5c4)OC(=O)C[C@@H]2O3)cc1. The van der Waals surface area contributed by atoms with Crippen LogP contribution < -0.4 is 4.74 Å². The fraction of sp³-hybridized carbons (Fsp3) is 0.300. The lowest BCUT2D eigenvalue weighted by Crippen LogP contribution is -2.38. The van der Waals surface area contributed by atoms with Crippen molar-refractivity contribution in [1.29, 1.82) is 0 Å². The maximum atomic E-state index is 13.0. The Morgan fingerprint density at radius 3 is 2.54 bits per heavy atom. The van der Waals surface area contributed by atoms with Gasteiger partial charge >= 0.3 is 5.97 Å². The van der Waals surface area contributed by atoms with Gasteiger partial charge in [-0.05, 0) is 46.5 Å². The molecule has 2 aliphatic rings. The Kier molecular flexibility index (Phi) is 7.26. The lowest BCUT2D eigenvalue weighted by Gasteiger charge is -2.32. The van der Waals surface area contributed by atoms with Crippen LogP contribution in [0, 0.1) is 0 Å². The van der Waals surface area contributed by atoms with Gasteiger partial charge in [0.1, 0.15) is 18.0 Å². The van der Waals surface area contributed by atoms with Gasteiger partial charge in [0.05, 0.1) is 32.3 Å². The van der Waals surface area contributed by atoms with Crippen molar-refractivity contribution in [2.24, 2.45) is 0 Å². The van der Waals surface area contributed by atoms with Crippen molar-refractivity contribution in [3.63, 3.8) is 0 Å². The zero-order valence-electron chi connectivity index (χ0n) is 19.8. The van der Waals surface area contributed by atoms with Crippen LogP contribution in [0.2, 0.25) is 0 Å². The monoisotopic (exact) mass is 470 g/mol. The number of ether oxygens (including phenoxy) is 4. The quantitative estimate of drug-likeness (QED) is 0.334. The topological polar surface area (TPSA) is 54.0 Å². The van der Waals surface area contributed by atoms with Gasteiger partial charge in [-0.2, -0.15) is 0 Å². The van der Waals surface area contributed by atoms with Gasteiger partial charge in [-0.1, -0.05) is 72.8 Å². The molecule has 0 saturated carbocycles. The molecule has 0 unspecified atom stereocenters. The number of fused-ring (bicyclic) bond motifs is 3. The molecule has 0 aromatic heterocycles. The van der Waals surface area contributed by atoms with Crippen LogP contribution in [0.25, 0.3) is 10.8 Å². The van der Waals surface area contributed by atoms with Crippen molar-refractivity contribution in [3.8, 4) is 5.75 Å². The fourth-order valence-corrected chi connectivity index (χ4v) is 4.56. The first-order valence-electron chi connectivity index (χ1n) is 12.1. The molecule has 0 radical (unpaired) electrons. The number of esters is 1. The van der Waals surface area contributed by atoms with E-state index in [9.17, 15) is 4.79 Å². The minimum atomic E-state index is -0.403. The average Bonchev–Trinajstić information content (AvgIpc) is 2.92. The van der Waals surface area contributed by atoms with Crippen molar-refractivity contribution < 1.29 is 23.7 Å². The Morgan fingerprint density at radius 2 is 1.71 bits per heavy atom. The van der Waals surface area contributed by atoms with E-state index in [2.05, 4.69) is 36.4 Å². The highest BCUT2D eigenvalue weighted by Gasteiger charge is 2.31. The molecule has 2 bridgehead atoms. The first-order chi connectivity index (χ1) is 17.2. The van der Waals surface area contributed by atoms with Crippen molar-refractivity contribution in [2.75, 3.05) is 7.11 Å². The minimum absolute atomic E-state index is 0.0814. The lowest BCUT2D eigenvalue weighted by molar-refractivity contribution is -0.158. The molecular weight excluding hydrogens is 440 g/mol. The van der Waals surface area contributed by atoms with Crippen LogP contribution in [0.1, 0.15) is 36.5 Å². The van der Waals surface area contributed by atoms with E-state index in [0.29, 0.717) is 13.0 Å². The highest BCUT2D eigenvalue weighted by atomic mass is 16.6. The number of cyclic esters (lactones) is 1. The third-order valence-electron chi connectivity index (χ3n) is 6.51. The molecular formula is C30H30O5. The maximum absolute atomic E-state index is 13.0. The van der Waals surface area contributed by atoms with E-state index in [0.717, 1.165) is 28.7 Å². The Morgan fingerprint density at radius 1 is 0.914 bits per heavy atom. The second-order valence-corrected chi connectivity index (χ2v) is 8.95. The summed E-state index contributed by atoms with van der Waals surface area (Å²) in [5.74, 6) is 0.521. The summed E-state index contributed by atoms with van der Waals surface area (Å²) >= 11 is 0. The number of benzene rings is 3. The van der Waals surface area contributed by atoms with Gasteiger partial charge in [0.25, 0.3) is 0 Å². The number of carbonyl (C=O) groups excluding carboxylic acids is 1. The second-order valence-electron chi connectivity index (χ2n) is 8.95. The third kappa shape index (κ3) is 5.81. The first-order valence-corrected chi connectivity index (χ1v) is 12.1. The lowest BCUT2D eigenvalue weighted by atomic mass is 10.0. The Bertz CT molecular complexity index is 1210. The van der Waals surface area contributed by atoms with Crippen LogP contribution in [-0.2, 0) is 25.6 Å². The van der Waals surface area contributed by atoms with E-state index in [4.69, 9.17) is 18.9 Å². The summed E-state index contributed by atoms with van der Waals surface area (Å²) in [6, 6.07) is 22.2. The smallest absolute Gasteiger partial charge is 0.309 e. The number of hydrogen-bond donors (Lipinski definition) is 0. The molecule has 0 saturated heterocycles. The number of hydrogen-bond acceptors (Lipinski definition) is 5. The molecule has 0 amide bonds. The molecule has 0 aliphatic carbocycles. The summed E-state index contributed by atoms with van der Waals surface area (Å²) in [5, 5.41) is 2.30. The van der Waals surface area contributed by atoms with Crippen molar-refractivity contribution in [2.45, 2.75) is 50.3 Å². The molecule has 3 aromatic rings. The molecule has 180 valence electrons. The van der Waals surface area contributed by atoms with Gasteiger partial charge < -0.3 is 18.9 Å². The number of rotatable bonds is 5. The van der Waals surface area contributed by atoms with Crippen LogP contribution >= 0.6 is 0 Å². The molecule has 5 nitrogen and oxygen atoms in total. The average molecular weight is 471 g/mol. The molecule has 0 N–H and O–H groups in total. The molecule has 5 heteroatoms. The molecule has 2 aliphatic heterocycles. The van der Waals surface area contributed by atoms with Crippen molar-refractivity contribution >= 4 is 16.7 Å². The second kappa shape index (κ2) is 10.9. The number of carbonyl (C=O) groups is 1. The van der Waals surface area contributed by atoms with Gasteiger partial charge in [-0.3, -0.25) is 4.79 Å². The zero-order valence-corrected chi connectivity index (χ0v) is 19.8. The Hall–Kier alpha value is -3.41. The van der Waals surface area contributed by atoms with Crippen LogP contribution in [0.15, 0.2) is 91.0 Å². The molecule has 35 heavy (non-hydrogen) atoms. The standard InChI is InChI=1S/C30H30O5/c1-32-25-14-10-21(11-15-25)20-33-28-17-16-26-8-4-5-9-27(35-30(31)19-29(28)34-26)24-13-12-22-6-2-3-7-23(22)18-24/h2-7,10-18,26-29H,8-9,19-20H2,1H3/b5-4-/t26-,27-,28+,29+/m1/s1. The molecule has 0 fully saturated rings. The molecule has 5 rings (SSSR count). The van der Waals surface area contributed by atoms with Crippen LogP contribution in [0.5, 0.6) is 5.75 Å². The predicted molar refractivity (Wildman–Crippen MR) is 135 cm³/mol. The van der Waals surface area contributed by atoms with E-state index in [-0.39, 0.29) is 30.7 Å². The first kappa shape index (κ1) is 23.3. The Balaban J connectivity index is 1.30. The van der Waals surface area contributed by atoms with Crippen LogP contribution in [0.4, 0.5) is 0 Å². The highest BCUT2D eigenvalue weighted by Crippen LogP contribution is 2.29. The highest BCUT2D eigenvalue weighted by molar-refractivity contribution is 5.83. The zero-order chi connectivity index (χ0) is 24.0. The van der Waals surface area contributed by atoms with Gasteiger partial charge in [0.2, 0.25) is 0 Å². The molecule has 4 atom stereocenters. The minimum Gasteiger partial charge on any atom is -0.497 e. The van der Waals surface area contributed by atoms with Crippen LogP contribution in [0.3, 0.4) is 0 Å². The van der Waals surface area contributed by atoms with Gasteiger partial charge in [-0.25, -0.2) is 0 Å². The largest absolute Gasteiger partial charge is 0.497 e. The summed E-state index contributed by atoms with van der Waals surface area (Å²) in [4.78, 5) is 13.0. The predicted octanol–water partition coefficient (Wildman–Crippen LogP) is 6.08. The summed E-state index contributed by atoms with van der Waals surface area (Å²) in [7, 11) is 1.65. The maximum Gasteiger partial charge on any atom is 0.309 e. The van der Waals surface area contributed by atoms with E-state index < -0.39 is 6.10 Å². The van der Waals surface area contributed by atoms with Crippen LogP contribution in [-0.4, -0.2) is 31.4 Å². The van der Waals surface area contributed by atoms with Gasteiger partial charge in [-0.15, -0.1) is 0 Å². The fourth-order valence-electron chi connectivity index (χ4n) is 4.56. The van der Waals surface area contributed by atoms with Crippen molar-refractivity contribution in [3.05, 3.63) is 102 Å². The van der Waals surface area contributed by atoms with Gasteiger partial charge in [0.15, 0.2) is 0 Å². The van der Waals surface area contributed by atoms with Crippen molar-refractivity contribution in [1.82, 2.24) is 0 Å². The van der Waals surface area contributed by atoms with E-state index >= 15 is 0 Å². The Labute approximate surface area is 206 Å². The molecule has 0 spiro atoms. The summed E-state index contributed by atoms with van der Waals surface area (Å²) in [6.07, 6.45) is 8.59. The van der Waals surface area contributed by atoms with E-state index in [1.54, 1.807) is 7.11 Å². The summed E-state index contributed by atoms with van der Waals surface area (Å²) < 4.78 is 23.6. The molecule has 3 aromatic carbocycles. The molecule has 2 heterocycles. The summed E-state index contributed by atoms with van der Waals surface area (Å²) in [5.41, 5.74) is 2.02. The summed E-state index contributed by atoms with van der Waals surface area (Å²) in [6.45, 7) is 0.415. The van der Waals surface area contributed by atoms with E-state index in [1.165, 1.54) is 5.39 Å². The number of methoxy groups -OCH3 is 1. The third-order valence-corrected chi connectivity index (χ3v) is 6.51.